The van der Waals surface area contributed by atoms with Crippen molar-refractivity contribution in [2.24, 2.45) is 5.92 Å². The molecular formula is C17H24N6. The van der Waals surface area contributed by atoms with E-state index in [0.29, 0.717) is 11.9 Å². The van der Waals surface area contributed by atoms with Crippen LogP contribution in [0.3, 0.4) is 0 Å². The maximum Gasteiger partial charge on any atom is 0.222 e. The summed E-state index contributed by atoms with van der Waals surface area (Å²) in [7, 11) is 0. The Morgan fingerprint density at radius 2 is 1.83 bits per heavy atom. The molecule has 2 aromatic heterocycles. The highest BCUT2D eigenvalue weighted by Gasteiger charge is 2.28. The van der Waals surface area contributed by atoms with Gasteiger partial charge in [0.15, 0.2) is 5.82 Å². The van der Waals surface area contributed by atoms with Crippen molar-refractivity contribution in [3.05, 3.63) is 35.8 Å². The second-order valence-corrected chi connectivity index (χ2v) is 7.26. The Labute approximate surface area is 137 Å². The third-order valence-electron chi connectivity index (χ3n) is 4.03. The zero-order valence-electron chi connectivity index (χ0n) is 14.2. The number of nitrogens with zero attached hydrogens (tertiary/aromatic N) is 5. The lowest BCUT2D eigenvalue weighted by atomic mass is 9.92. The van der Waals surface area contributed by atoms with Crippen LogP contribution in [-0.2, 0) is 5.41 Å². The van der Waals surface area contributed by atoms with Gasteiger partial charge in [-0.25, -0.2) is 9.97 Å². The Hall–Kier alpha value is -2.24. The van der Waals surface area contributed by atoms with Crippen LogP contribution >= 0.6 is 0 Å². The first-order valence-electron chi connectivity index (χ1n) is 8.03. The molecule has 0 aliphatic carbocycles. The molecule has 6 heteroatoms. The number of hydrogen-bond donors (Lipinski definition) is 1. The molecule has 2 aromatic rings. The fourth-order valence-electron chi connectivity index (χ4n) is 2.50. The van der Waals surface area contributed by atoms with Crippen LogP contribution in [-0.4, -0.2) is 39.8 Å². The highest BCUT2D eigenvalue weighted by molar-refractivity contribution is 5.41. The van der Waals surface area contributed by atoms with E-state index in [0.717, 1.165) is 36.7 Å². The van der Waals surface area contributed by atoms with E-state index in [4.69, 9.17) is 0 Å². The highest BCUT2D eigenvalue weighted by Crippen LogP contribution is 2.25. The van der Waals surface area contributed by atoms with Gasteiger partial charge in [-0.3, -0.25) is 0 Å². The summed E-state index contributed by atoms with van der Waals surface area (Å²) in [5.41, 5.74) is 2.14. The van der Waals surface area contributed by atoms with Gasteiger partial charge >= 0.3 is 0 Å². The maximum absolute atomic E-state index is 4.36. The Bertz CT molecular complexity index is 638. The van der Waals surface area contributed by atoms with E-state index >= 15 is 0 Å². The monoisotopic (exact) mass is 312 g/mol. The number of anilines is 2. The van der Waals surface area contributed by atoms with Gasteiger partial charge in [0.1, 0.15) is 0 Å². The summed E-state index contributed by atoms with van der Waals surface area (Å²) in [5.74, 6) is 2.24. The summed E-state index contributed by atoms with van der Waals surface area (Å²) in [4.78, 5) is 10.8. The normalized spacial score (nSPS) is 15.4. The van der Waals surface area contributed by atoms with Crippen LogP contribution in [0, 0.1) is 12.8 Å². The first-order valence-corrected chi connectivity index (χ1v) is 8.03. The molecule has 1 saturated heterocycles. The first-order chi connectivity index (χ1) is 10.9. The zero-order chi connectivity index (χ0) is 16.4. The summed E-state index contributed by atoms with van der Waals surface area (Å²) in [6.45, 7) is 11.3. The van der Waals surface area contributed by atoms with E-state index in [9.17, 15) is 0 Å². The molecule has 1 fully saturated rings. The van der Waals surface area contributed by atoms with Crippen LogP contribution < -0.4 is 10.2 Å². The lowest BCUT2D eigenvalue weighted by molar-refractivity contribution is 0.423. The molecule has 1 N–H and O–H groups in total. The van der Waals surface area contributed by atoms with Crippen molar-refractivity contribution in [2.75, 3.05) is 29.9 Å². The molecule has 122 valence electrons. The second-order valence-electron chi connectivity index (χ2n) is 7.26. The van der Waals surface area contributed by atoms with Crippen LogP contribution in [0.1, 0.15) is 32.0 Å². The number of aromatic nitrogens is 4. The molecule has 0 spiro atoms. The first kappa shape index (κ1) is 15.6. The van der Waals surface area contributed by atoms with Crippen molar-refractivity contribution in [1.82, 2.24) is 20.2 Å². The lowest BCUT2D eigenvalue weighted by Gasteiger charge is -2.40. The van der Waals surface area contributed by atoms with Crippen molar-refractivity contribution in [2.45, 2.75) is 33.1 Å². The number of rotatable bonds is 4. The topological polar surface area (TPSA) is 66.8 Å². The van der Waals surface area contributed by atoms with E-state index in [1.165, 1.54) is 0 Å². The predicted molar refractivity (Wildman–Crippen MR) is 91.7 cm³/mol. The molecule has 3 rings (SSSR count). The minimum atomic E-state index is 0.0426. The maximum atomic E-state index is 4.36. The van der Waals surface area contributed by atoms with Gasteiger partial charge in [-0.05, 0) is 24.6 Å². The van der Waals surface area contributed by atoms with Crippen molar-refractivity contribution in [3.8, 4) is 0 Å². The Morgan fingerprint density at radius 3 is 2.39 bits per heavy atom. The van der Waals surface area contributed by atoms with Gasteiger partial charge in [-0.1, -0.05) is 20.8 Å². The molecule has 23 heavy (non-hydrogen) atoms. The lowest BCUT2D eigenvalue weighted by Crippen LogP contribution is -2.50. The van der Waals surface area contributed by atoms with Crippen LogP contribution in [0.4, 0.5) is 11.8 Å². The summed E-state index contributed by atoms with van der Waals surface area (Å²) >= 11 is 0. The van der Waals surface area contributed by atoms with Gasteiger partial charge < -0.3 is 10.2 Å². The standard InChI is InChI=1S/C17H24N6/c1-12-7-18-16(19-8-12)20-9-13-10-23(11-13)15-6-5-14(21-22-15)17(2,3)4/h5-8,13H,9-11H2,1-4H3,(H,18,19,20). The fourth-order valence-corrected chi connectivity index (χ4v) is 2.50. The van der Waals surface area contributed by atoms with Crippen molar-refractivity contribution in [1.29, 1.82) is 0 Å². The molecule has 0 saturated carbocycles. The van der Waals surface area contributed by atoms with Crippen LogP contribution in [0.15, 0.2) is 24.5 Å². The Balaban J connectivity index is 1.48. The molecule has 0 atom stereocenters. The molecule has 0 amide bonds. The molecule has 1 aliphatic heterocycles. The van der Waals surface area contributed by atoms with Crippen molar-refractivity contribution in [3.63, 3.8) is 0 Å². The number of nitrogens with one attached hydrogen (secondary N) is 1. The summed E-state index contributed by atoms with van der Waals surface area (Å²) < 4.78 is 0. The SMILES string of the molecule is Cc1cnc(NCC2CN(c3ccc(C(C)(C)C)nn3)C2)nc1. The molecule has 3 heterocycles. The summed E-state index contributed by atoms with van der Waals surface area (Å²) in [6, 6.07) is 4.15. The molecule has 1 aliphatic rings. The second kappa shape index (κ2) is 6.10. The molecule has 0 aromatic carbocycles. The summed E-state index contributed by atoms with van der Waals surface area (Å²) in [5, 5.41) is 12.0. The number of hydrogen-bond acceptors (Lipinski definition) is 6. The molecular weight excluding hydrogens is 288 g/mol. The Morgan fingerprint density at radius 1 is 1.13 bits per heavy atom. The predicted octanol–water partition coefficient (Wildman–Crippen LogP) is 2.42. The Kier molecular flexibility index (Phi) is 4.15. The van der Waals surface area contributed by atoms with E-state index in [1.807, 2.05) is 19.3 Å². The van der Waals surface area contributed by atoms with E-state index < -0.39 is 0 Å². The van der Waals surface area contributed by atoms with Gasteiger partial charge in [-0.2, -0.15) is 5.10 Å². The van der Waals surface area contributed by atoms with Gasteiger partial charge in [-0.15, -0.1) is 5.10 Å². The van der Waals surface area contributed by atoms with Gasteiger partial charge in [0.25, 0.3) is 0 Å². The van der Waals surface area contributed by atoms with Crippen LogP contribution in [0.2, 0.25) is 0 Å². The largest absolute Gasteiger partial charge is 0.354 e. The third-order valence-corrected chi connectivity index (χ3v) is 4.03. The molecule has 0 radical (unpaired) electrons. The quantitative estimate of drug-likeness (QED) is 0.935. The smallest absolute Gasteiger partial charge is 0.222 e. The van der Waals surface area contributed by atoms with Crippen LogP contribution in [0.25, 0.3) is 0 Å². The minimum absolute atomic E-state index is 0.0426. The van der Waals surface area contributed by atoms with Crippen LogP contribution in [0.5, 0.6) is 0 Å². The third kappa shape index (κ3) is 3.75. The van der Waals surface area contributed by atoms with E-state index in [-0.39, 0.29) is 5.41 Å². The van der Waals surface area contributed by atoms with Gasteiger partial charge in [0.2, 0.25) is 5.95 Å². The van der Waals surface area contributed by atoms with Crippen molar-refractivity contribution >= 4 is 11.8 Å². The van der Waals surface area contributed by atoms with E-state index in [1.54, 1.807) is 0 Å². The number of aryl methyl sites for hydroxylation is 1. The molecule has 6 nitrogen and oxygen atoms in total. The summed E-state index contributed by atoms with van der Waals surface area (Å²) in [6.07, 6.45) is 3.66. The van der Waals surface area contributed by atoms with Gasteiger partial charge in [0.05, 0.1) is 5.69 Å². The van der Waals surface area contributed by atoms with E-state index in [2.05, 4.69) is 63.3 Å². The average molecular weight is 312 g/mol. The minimum Gasteiger partial charge on any atom is -0.354 e. The van der Waals surface area contributed by atoms with Crippen molar-refractivity contribution < 1.29 is 0 Å². The average Bonchev–Trinajstić information content (AvgIpc) is 2.47. The van der Waals surface area contributed by atoms with Gasteiger partial charge in [0, 0.05) is 43.4 Å². The molecule has 0 bridgehead atoms. The molecule has 0 unspecified atom stereocenters. The highest BCUT2D eigenvalue weighted by atomic mass is 15.3. The zero-order valence-corrected chi connectivity index (χ0v) is 14.2. The fraction of sp³-hybridized carbons (Fsp3) is 0.529.